The largest absolute Gasteiger partial charge is 0.268 e. The lowest BCUT2D eigenvalue weighted by atomic mass is 10.0. The SMILES string of the molecule is CS(=O)(=O)NC(=O)c1cc(Cl)c(-n2nc(Cl)c3cc(-c4ccc(Cl)cc4)ccc32)cc1F. The Bertz CT molecular complexity index is 1490. The third-order valence-corrected chi connectivity index (χ3v) is 5.99. The monoisotopic (exact) mass is 511 g/mol. The molecule has 0 bridgehead atoms. The molecule has 1 N–H and O–H groups in total. The summed E-state index contributed by atoms with van der Waals surface area (Å²) in [4.78, 5) is 12.1. The van der Waals surface area contributed by atoms with Gasteiger partial charge in [-0.1, -0.05) is 53.0 Å². The molecule has 4 rings (SSSR count). The second-order valence-corrected chi connectivity index (χ2v) is 9.88. The van der Waals surface area contributed by atoms with Gasteiger partial charge in [0.2, 0.25) is 10.0 Å². The Labute approximate surface area is 197 Å². The molecule has 11 heteroatoms. The molecule has 1 aromatic heterocycles. The molecule has 0 fully saturated rings. The van der Waals surface area contributed by atoms with Gasteiger partial charge in [0.15, 0.2) is 5.15 Å². The van der Waals surface area contributed by atoms with Crippen molar-refractivity contribution < 1.29 is 17.6 Å². The molecule has 0 atom stereocenters. The van der Waals surface area contributed by atoms with E-state index in [0.29, 0.717) is 15.9 Å². The van der Waals surface area contributed by atoms with E-state index in [9.17, 15) is 17.6 Å². The summed E-state index contributed by atoms with van der Waals surface area (Å²) in [7, 11) is -3.87. The van der Waals surface area contributed by atoms with Crippen LogP contribution in [0.3, 0.4) is 0 Å². The number of nitrogens with zero attached hydrogens (tertiary/aromatic N) is 2. The van der Waals surface area contributed by atoms with Crippen molar-refractivity contribution in [3.63, 3.8) is 0 Å². The summed E-state index contributed by atoms with van der Waals surface area (Å²) in [6.07, 6.45) is 0.787. The van der Waals surface area contributed by atoms with Gasteiger partial charge in [0.05, 0.1) is 28.0 Å². The topological polar surface area (TPSA) is 81.1 Å². The fraction of sp³-hybridized carbons (Fsp3) is 0.0476. The summed E-state index contributed by atoms with van der Waals surface area (Å²) in [6, 6.07) is 14.8. The Kier molecular flexibility index (Phi) is 5.89. The quantitative estimate of drug-likeness (QED) is 0.392. The average Bonchev–Trinajstić information content (AvgIpc) is 3.04. The maximum Gasteiger partial charge on any atom is 0.267 e. The Morgan fingerprint density at radius 1 is 1.00 bits per heavy atom. The van der Waals surface area contributed by atoms with Crippen molar-refractivity contribution in [3.05, 3.63) is 81.2 Å². The molecule has 0 aliphatic carbocycles. The number of halogens is 4. The van der Waals surface area contributed by atoms with E-state index in [0.717, 1.165) is 29.5 Å². The molecular weight excluding hydrogens is 500 g/mol. The van der Waals surface area contributed by atoms with Gasteiger partial charge in [0, 0.05) is 16.5 Å². The number of hydrogen-bond donors (Lipinski definition) is 1. The van der Waals surface area contributed by atoms with Gasteiger partial charge in [0.25, 0.3) is 5.91 Å². The Balaban J connectivity index is 1.79. The lowest BCUT2D eigenvalue weighted by Crippen LogP contribution is -2.30. The molecule has 1 amide bonds. The van der Waals surface area contributed by atoms with Crippen molar-refractivity contribution in [1.82, 2.24) is 14.5 Å². The van der Waals surface area contributed by atoms with Crippen molar-refractivity contribution in [2.75, 3.05) is 6.26 Å². The van der Waals surface area contributed by atoms with Gasteiger partial charge in [-0.15, -0.1) is 0 Å². The lowest BCUT2D eigenvalue weighted by Gasteiger charge is -2.10. The molecule has 0 aliphatic rings. The van der Waals surface area contributed by atoms with Crippen molar-refractivity contribution in [3.8, 4) is 16.8 Å². The van der Waals surface area contributed by atoms with Crippen LogP contribution in [0.1, 0.15) is 10.4 Å². The van der Waals surface area contributed by atoms with Crippen molar-refractivity contribution in [2.24, 2.45) is 0 Å². The van der Waals surface area contributed by atoms with Crippen molar-refractivity contribution in [1.29, 1.82) is 0 Å². The predicted molar refractivity (Wildman–Crippen MR) is 124 cm³/mol. The summed E-state index contributed by atoms with van der Waals surface area (Å²) in [6.45, 7) is 0. The first-order valence-corrected chi connectivity index (χ1v) is 12.0. The van der Waals surface area contributed by atoms with Crippen LogP contribution in [-0.2, 0) is 10.0 Å². The first-order valence-electron chi connectivity index (χ1n) is 8.99. The number of rotatable bonds is 4. The number of nitrogens with one attached hydrogen (secondary N) is 1. The van der Waals surface area contributed by atoms with Crippen molar-refractivity contribution >= 4 is 61.6 Å². The van der Waals surface area contributed by atoms with Gasteiger partial charge in [-0.25, -0.2) is 22.2 Å². The van der Waals surface area contributed by atoms with Gasteiger partial charge in [0.1, 0.15) is 5.82 Å². The summed E-state index contributed by atoms with van der Waals surface area (Å²) < 4.78 is 40.3. The zero-order valence-corrected chi connectivity index (χ0v) is 19.3. The van der Waals surface area contributed by atoms with E-state index in [1.807, 2.05) is 24.3 Å². The molecule has 1 heterocycles. The minimum absolute atomic E-state index is 0.0205. The fourth-order valence-corrected chi connectivity index (χ4v) is 4.23. The first-order chi connectivity index (χ1) is 15.0. The first kappa shape index (κ1) is 22.5. The van der Waals surface area contributed by atoms with Crippen molar-refractivity contribution in [2.45, 2.75) is 0 Å². The molecule has 0 saturated heterocycles. The zero-order chi connectivity index (χ0) is 23.2. The number of amides is 1. The lowest BCUT2D eigenvalue weighted by molar-refractivity contribution is 0.0978. The van der Waals surface area contributed by atoms with E-state index in [-0.39, 0.29) is 15.9 Å². The van der Waals surface area contributed by atoms with Crippen LogP contribution in [0, 0.1) is 5.82 Å². The summed E-state index contributed by atoms with van der Waals surface area (Å²) in [5.74, 6) is -2.10. The van der Waals surface area contributed by atoms with Crippen LogP contribution in [0.5, 0.6) is 0 Å². The van der Waals surface area contributed by atoms with Gasteiger partial charge >= 0.3 is 0 Å². The highest BCUT2D eigenvalue weighted by Gasteiger charge is 2.21. The van der Waals surface area contributed by atoms with Gasteiger partial charge in [-0.05, 0) is 41.5 Å². The number of benzene rings is 3. The van der Waals surface area contributed by atoms with E-state index >= 15 is 0 Å². The highest BCUT2D eigenvalue weighted by Crippen LogP contribution is 2.33. The molecule has 0 saturated carbocycles. The third kappa shape index (κ3) is 4.45. The number of carbonyl (C=O) groups is 1. The number of aromatic nitrogens is 2. The summed E-state index contributed by atoms with van der Waals surface area (Å²) in [5, 5.41) is 5.63. The minimum Gasteiger partial charge on any atom is -0.268 e. The van der Waals surface area contributed by atoms with E-state index < -0.39 is 27.3 Å². The number of hydrogen-bond acceptors (Lipinski definition) is 4. The average molecular weight is 513 g/mol. The predicted octanol–water partition coefficient (Wildman–Crippen LogP) is 5.48. The molecule has 3 aromatic carbocycles. The Morgan fingerprint density at radius 2 is 1.66 bits per heavy atom. The molecule has 0 aliphatic heterocycles. The highest BCUT2D eigenvalue weighted by atomic mass is 35.5. The summed E-state index contributed by atoms with van der Waals surface area (Å²) >= 11 is 18.6. The second kappa shape index (κ2) is 8.37. The third-order valence-electron chi connectivity index (χ3n) is 4.60. The highest BCUT2D eigenvalue weighted by molar-refractivity contribution is 7.89. The number of sulfonamides is 1. The van der Waals surface area contributed by atoms with E-state index in [1.54, 1.807) is 22.9 Å². The smallest absolute Gasteiger partial charge is 0.267 e. The molecular formula is C21H13Cl3FN3O3S. The maximum atomic E-state index is 14.7. The van der Waals surface area contributed by atoms with Crippen LogP contribution in [0.4, 0.5) is 4.39 Å². The standard InChI is InChI=1S/C21H13Cl3FN3O3S/c1-32(30,31)27-21(29)14-9-16(23)19(10-17(14)25)28-18-7-4-12(8-15(18)20(24)26-28)11-2-5-13(22)6-3-11/h2-10H,1H3,(H,27,29). The van der Waals surface area contributed by atoms with Crippen LogP contribution in [0.15, 0.2) is 54.6 Å². The molecule has 6 nitrogen and oxygen atoms in total. The molecule has 0 radical (unpaired) electrons. The van der Waals surface area contributed by atoms with Gasteiger partial charge in [-0.3, -0.25) is 4.79 Å². The molecule has 164 valence electrons. The second-order valence-electron chi connectivity index (χ2n) is 6.93. The molecule has 4 aromatic rings. The minimum atomic E-state index is -3.87. The molecule has 0 unspecified atom stereocenters. The van der Waals surface area contributed by atoms with Crippen LogP contribution >= 0.6 is 34.8 Å². The van der Waals surface area contributed by atoms with Gasteiger partial charge < -0.3 is 0 Å². The van der Waals surface area contributed by atoms with E-state index in [2.05, 4.69) is 5.10 Å². The van der Waals surface area contributed by atoms with Crippen LogP contribution < -0.4 is 4.72 Å². The van der Waals surface area contributed by atoms with E-state index in [1.165, 1.54) is 4.68 Å². The maximum absolute atomic E-state index is 14.7. The van der Waals surface area contributed by atoms with Crippen LogP contribution in [0.2, 0.25) is 15.2 Å². The zero-order valence-electron chi connectivity index (χ0n) is 16.2. The van der Waals surface area contributed by atoms with E-state index in [4.69, 9.17) is 34.8 Å². The van der Waals surface area contributed by atoms with Gasteiger partial charge in [-0.2, -0.15) is 5.10 Å². The fourth-order valence-electron chi connectivity index (χ4n) is 3.18. The Morgan fingerprint density at radius 3 is 2.31 bits per heavy atom. The Hall–Kier alpha value is -2.65. The normalized spacial score (nSPS) is 11.7. The van der Waals surface area contributed by atoms with Crippen LogP contribution in [-0.4, -0.2) is 30.4 Å². The van der Waals surface area contributed by atoms with Crippen LogP contribution in [0.25, 0.3) is 27.7 Å². The molecule has 32 heavy (non-hydrogen) atoms. The molecule has 0 spiro atoms. The summed E-state index contributed by atoms with van der Waals surface area (Å²) in [5.41, 5.74) is 1.97. The number of carbonyl (C=O) groups excluding carboxylic acids is 1. The number of fused-ring (bicyclic) bond motifs is 1.